The van der Waals surface area contributed by atoms with Crippen LogP contribution in [0.15, 0.2) is 384 Å². The monoisotopic (exact) mass is 1390 g/mol. The maximum atomic E-state index is 6.58. The molecule has 0 aliphatic carbocycles. The van der Waals surface area contributed by atoms with Crippen molar-refractivity contribution >= 4 is 98.3 Å². The van der Waals surface area contributed by atoms with Gasteiger partial charge in [-0.2, -0.15) is 0 Å². The number of para-hydroxylation sites is 3. The lowest BCUT2D eigenvalue weighted by molar-refractivity contribution is 0.635. The molecule has 0 fully saturated rings. The Hall–Kier alpha value is -14.9. The summed E-state index contributed by atoms with van der Waals surface area (Å²) in [6.07, 6.45) is 9.05. The van der Waals surface area contributed by atoms with Crippen LogP contribution in [0.3, 0.4) is 0 Å². The second-order valence-corrected chi connectivity index (χ2v) is 26.5. The molecule has 22 rings (SSSR count). The molecular formula is C96H61N9O3. The lowest BCUT2D eigenvalue weighted by atomic mass is 10.0. The Kier molecular flexibility index (Phi) is 15.6. The molecule has 12 heteroatoms. The minimum absolute atomic E-state index is 0.842. The Morgan fingerprint density at radius 2 is 0.583 bits per heavy atom. The molecule has 12 aromatic heterocycles. The summed E-state index contributed by atoms with van der Waals surface area (Å²) in [7, 11) is 0. The smallest absolute Gasteiger partial charge is 0.144 e. The molecule has 508 valence electrons. The summed E-state index contributed by atoms with van der Waals surface area (Å²) >= 11 is 0. The Labute approximate surface area is 618 Å². The van der Waals surface area contributed by atoms with E-state index in [1.807, 2.05) is 158 Å². The predicted octanol–water partition coefficient (Wildman–Crippen LogP) is 24.6. The molecule has 0 aliphatic rings. The van der Waals surface area contributed by atoms with Crippen molar-refractivity contribution in [2.75, 3.05) is 0 Å². The third-order valence-corrected chi connectivity index (χ3v) is 20.1. The minimum atomic E-state index is 0.842. The van der Waals surface area contributed by atoms with Gasteiger partial charge in [0, 0.05) is 102 Å². The van der Waals surface area contributed by atoms with Crippen molar-refractivity contribution in [1.29, 1.82) is 0 Å². The number of benzene rings is 10. The predicted molar refractivity (Wildman–Crippen MR) is 436 cm³/mol. The van der Waals surface area contributed by atoms with Gasteiger partial charge in [0.1, 0.15) is 45.7 Å². The van der Waals surface area contributed by atoms with Crippen molar-refractivity contribution < 1.29 is 13.3 Å². The highest BCUT2D eigenvalue weighted by molar-refractivity contribution is 6.22. The molecule has 0 radical (unpaired) electrons. The van der Waals surface area contributed by atoms with E-state index in [-0.39, 0.29) is 0 Å². The normalized spacial score (nSPS) is 11.5. The molecule has 0 saturated carbocycles. The van der Waals surface area contributed by atoms with Gasteiger partial charge in [0.2, 0.25) is 0 Å². The van der Waals surface area contributed by atoms with Gasteiger partial charge >= 0.3 is 0 Å². The number of fused-ring (bicyclic) bond motifs is 15. The first-order valence-corrected chi connectivity index (χ1v) is 35.9. The Morgan fingerprint density at radius 3 is 1.01 bits per heavy atom. The fourth-order valence-corrected chi connectivity index (χ4v) is 15.2. The third-order valence-electron chi connectivity index (χ3n) is 20.1. The molecule has 10 aromatic carbocycles. The second-order valence-electron chi connectivity index (χ2n) is 26.5. The molecule has 0 aliphatic heterocycles. The van der Waals surface area contributed by atoms with E-state index in [1.165, 1.54) is 0 Å². The largest absolute Gasteiger partial charge is 0.455 e. The lowest BCUT2D eigenvalue weighted by Crippen LogP contribution is -1.98. The summed E-state index contributed by atoms with van der Waals surface area (Å²) in [5.41, 5.74) is 21.0. The third kappa shape index (κ3) is 11.2. The molecule has 12 nitrogen and oxygen atoms in total. The Balaban J connectivity index is 0.000000107. The van der Waals surface area contributed by atoms with Crippen molar-refractivity contribution in [1.82, 2.24) is 43.6 Å². The number of nitrogens with zero attached hydrogens (tertiary/aromatic N) is 9. The first kappa shape index (κ1) is 62.9. The van der Waals surface area contributed by atoms with E-state index in [2.05, 4.69) is 228 Å². The van der Waals surface area contributed by atoms with E-state index in [9.17, 15) is 0 Å². The minimum Gasteiger partial charge on any atom is -0.455 e. The van der Waals surface area contributed by atoms with Gasteiger partial charge in [-0.1, -0.05) is 176 Å². The average molecular weight is 1390 g/mol. The van der Waals surface area contributed by atoms with Crippen LogP contribution in [0.25, 0.3) is 195 Å². The molecule has 22 aromatic rings. The summed E-state index contributed by atoms with van der Waals surface area (Å²) in [4.78, 5) is 27.9. The first-order chi connectivity index (χ1) is 53.6. The van der Waals surface area contributed by atoms with Crippen molar-refractivity contribution in [3.63, 3.8) is 0 Å². The number of rotatable bonds is 10. The van der Waals surface area contributed by atoms with Gasteiger partial charge in [0.05, 0.1) is 77.7 Å². The van der Waals surface area contributed by atoms with Crippen LogP contribution < -0.4 is 0 Å². The highest BCUT2D eigenvalue weighted by Gasteiger charge is 2.24. The van der Waals surface area contributed by atoms with Crippen LogP contribution in [0.1, 0.15) is 0 Å². The van der Waals surface area contributed by atoms with Crippen LogP contribution in [0.2, 0.25) is 0 Å². The summed E-state index contributed by atoms with van der Waals surface area (Å²) in [6, 6.07) is 116. The molecule has 0 amide bonds. The van der Waals surface area contributed by atoms with Gasteiger partial charge in [-0.3, -0.25) is 29.1 Å². The van der Waals surface area contributed by atoms with Crippen LogP contribution in [0.4, 0.5) is 0 Å². The van der Waals surface area contributed by atoms with Crippen molar-refractivity contribution in [3.8, 4) is 96.5 Å². The van der Waals surface area contributed by atoms with Crippen molar-refractivity contribution in [2.45, 2.75) is 0 Å². The quantitative estimate of drug-likeness (QED) is 0.131. The zero-order valence-electron chi connectivity index (χ0n) is 58.0. The van der Waals surface area contributed by atoms with E-state index < -0.39 is 0 Å². The molecule has 0 unspecified atom stereocenters. The topological polar surface area (TPSA) is 132 Å². The second kappa shape index (κ2) is 26.7. The molecule has 108 heavy (non-hydrogen) atoms. The zero-order valence-corrected chi connectivity index (χ0v) is 58.0. The van der Waals surface area contributed by atoms with Crippen LogP contribution in [-0.4, -0.2) is 43.6 Å². The van der Waals surface area contributed by atoms with Crippen molar-refractivity contribution in [3.05, 3.63) is 371 Å². The average Bonchev–Trinajstić information content (AvgIpc) is 1.58. The number of hydrogen-bond donors (Lipinski definition) is 0. The molecular weight excluding hydrogens is 1330 g/mol. The van der Waals surface area contributed by atoms with E-state index in [1.54, 1.807) is 18.6 Å². The van der Waals surface area contributed by atoms with Crippen LogP contribution in [0.5, 0.6) is 0 Å². The first-order valence-electron chi connectivity index (χ1n) is 35.9. The van der Waals surface area contributed by atoms with Gasteiger partial charge in [-0.25, -0.2) is 9.97 Å². The summed E-state index contributed by atoms with van der Waals surface area (Å²) < 4.78 is 26.3. The zero-order chi connectivity index (χ0) is 71.4. The summed E-state index contributed by atoms with van der Waals surface area (Å²) in [5.74, 6) is 4.33. The Bertz CT molecular complexity index is 6760. The highest BCUT2D eigenvalue weighted by atomic mass is 16.3. The van der Waals surface area contributed by atoms with E-state index in [4.69, 9.17) is 23.2 Å². The highest BCUT2D eigenvalue weighted by Crippen LogP contribution is 2.45. The Morgan fingerprint density at radius 1 is 0.222 bits per heavy atom. The van der Waals surface area contributed by atoms with E-state index >= 15 is 0 Å². The fourth-order valence-electron chi connectivity index (χ4n) is 15.2. The number of aromatic nitrogens is 9. The summed E-state index contributed by atoms with van der Waals surface area (Å²) in [5, 5.41) is 10.0. The van der Waals surface area contributed by atoms with Gasteiger partial charge in [-0.15, -0.1) is 0 Å². The molecule has 0 spiro atoms. The maximum absolute atomic E-state index is 6.58. The SMILES string of the molecule is c1ccc(-c2cc3ccc4c(c5ccccc5n4-c4cc(-c5ccccn5)cc(-c5ccccn5)c4)c3o2)cc1.c1ccc(-c2cc3ccc4c(c5ccccc5n4-c4cccc(-c5ccccn5)n4)c3o2)cc1.c1ccc(-c2cc3ccc4c(c5ccccc5n4-c4cccc(-c5ccncc5)n4)c3o2)cc1. The standard InChI is InChI=1S/C36H23N3O.2C30H19N3O/c1-2-10-24(11-3-1)34-23-25-16-17-33-35(36(25)40-34)29-12-4-5-15-32(29)39(33)28-21-26(30-13-6-8-18-37-30)20-27(22-28)31-14-7-9-19-38-31;1-2-9-20(10-3-1)27-19-21-16-17-26-29(30(21)34-27)22-11-4-5-14-25(22)33(26)28-15-8-13-24(32-28)23-12-6-7-18-31-23;1-2-7-21(8-3-1)27-19-22-13-14-26-29(30(22)34-27)23-9-4-5-11-25(23)33(26)28-12-6-10-24(32-28)20-15-17-31-18-16-20/h1-23H;2*1-19H. The number of furan rings is 3. The molecule has 0 bridgehead atoms. The molecule has 0 saturated heterocycles. The molecule has 12 heterocycles. The van der Waals surface area contributed by atoms with Crippen LogP contribution in [0, 0.1) is 0 Å². The van der Waals surface area contributed by atoms with Gasteiger partial charge in [0.15, 0.2) is 0 Å². The van der Waals surface area contributed by atoms with Gasteiger partial charge < -0.3 is 17.8 Å². The molecule has 0 atom stereocenters. The number of pyridine rings is 6. The van der Waals surface area contributed by atoms with Gasteiger partial charge in [0.25, 0.3) is 0 Å². The lowest BCUT2D eigenvalue weighted by Gasteiger charge is -2.13. The maximum Gasteiger partial charge on any atom is 0.144 e. The van der Waals surface area contributed by atoms with Crippen LogP contribution in [-0.2, 0) is 0 Å². The van der Waals surface area contributed by atoms with E-state index in [0.29, 0.717) is 0 Å². The molecule has 0 N–H and O–H groups in total. The summed E-state index contributed by atoms with van der Waals surface area (Å²) in [6.45, 7) is 0. The van der Waals surface area contributed by atoms with Gasteiger partial charge in [-0.05, 0) is 164 Å². The number of hydrogen-bond acceptors (Lipinski definition) is 9. The van der Waals surface area contributed by atoms with Crippen LogP contribution >= 0.6 is 0 Å². The fraction of sp³-hybridized carbons (Fsp3) is 0. The van der Waals surface area contributed by atoms with Crippen molar-refractivity contribution in [2.24, 2.45) is 0 Å². The van der Waals surface area contributed by atoms with E-state index in [0.717, 1.165) is 195 Å².